The number of nitrogens with zero attached hydrogens (tertiary/aromatic N) is 1. The lowest BCUT2D eigenvalue weighted by Gasteiger charge is -2.26. The Morgan fingerprint density at radius 2 is 2.00 bits per heavy atom. The molecular weight excluding hydrogens is 324 g/mol. The number of hydrogen-bond donors (Lipinski definition) is 1. The van der Waals surface area contributed by atoms with Crippen molar-refractivity contribution in [3.05, 3.63) is 64.2 Å². The highest BCUT2D eigenvalue weighted by Gasteiger charge is 2.20. The van der Waals surface area contributed by atoms with Crippen LogP contribution in [-0.4, -0.2) is 30.1 Å². The fourth-order valence-electron chi connectivity index (χ4n) is 2.56. The van der Waals surface area contributed by atoms with Gasteiger partial charge in [-0.3, -0.25) is 14.9 Å². The van der Waals surface area contributed by atoms with E-state index in [-0.39, 0.29) is 24.1 Å². The Morgan fingerprint density at radius 1 is 1.20 bits per heavy atom. The minimum absolute atomic E-state index is 0.0318. The molecule has 0 fully saturated rings. The van der Waals surface area contributed by atoms with Gasteiger partial charge in [0.1, 0.15) is 12.7 Å². The van der Waals surface area contributed by atoms with Crippen LogP contribution >= 0.6 is 0 Å². The number of hydrogen-bond acceptors (Lipinski definition) is 5. The Hall–Kier alpha value is -3.09. The molecule has 3 rings (SSSR count). The second kappa shape index (κ2) is 7.65. The van der Waals surface area contributed by atoms with E-state index < -0.39 is 4.92 Å². The largest absolute Gasteiger partial charge is 0.486 e. The van der Waals surface area contributed by atoms with Gasteiger partial charge in [-0.1, -0.05) is 24.3 Å². The van der Waals surface area contributed by atoms with Gasteiger partial charge in [0.25, 0.3) is 5.69 Å². The molecule has 0 bridgehead atoms. The first kappa shape index (κ1) is 16.8. The van der Waals surface area contributed by atoms with E-state index in [0.717, 1.165) is 5.56 Å². The molecule has 2 aromatic carbocycles. The van der Waals surface area contributed by atoms with Gasteiger partial charge in [0.05, 0.1) is 11.5 Å². The van der Waals surface area contributed by atoms with E-state index in [1.807, 2.05) is 24.3 Å². The van der Waals surface area contributed by atoms with Crippen molar-refractivity contribution in [2.45, 2.75) is 18.9 Å². The number of benzene rings is 2. The molecule has 0 aliphatic carbocycles. The van der Waals surface area contributed by atoms with Crippen molar-refractivity contribution in [2.75, 3.05) is 13.2 Å². The van der Waals surface area contributed by atoms with Crippen LogP contribution in [0.2, 0.25) is 0 Å². The van der Waals surface area contributed by atoms with Gasteiger partial charge < -0.3 is 14.8 Å². The molecule has 1 aliphatic heterocycles. The van der Waals surface area contributed by atoms with Crippen molar-refractivity contribution in [1.29, 1.82) is 0 Å². The maximum absolute atomic E-state index is 12.0. The van der Waals surface area contributed by atoms with Crippen LogP contribution in [0.25, 0.3) is 0 Å². The van der Waals surface area contributed by atoms with Crippen molar-refractivity contribution in [3.63, 3.8) is 0 Å². The highest BCUT2D eigenvalue weighted by molar-refractivity contribution is 5.76. The summed E-state index contributed by atoms with van der Waals surface area (Å²) in [5, 5.41) is 13.6. The van der Waals surface area contributed by atoms with Gasteiger partial charge in [-0.15, -0.1) is 0 Å². The highest BCUT2D eigenvalue weighted by atomic mass is 16.6. The maximum atomic E-state index is 12.0. The summed E-state index contributed by atoms with van der Waals surface area (Å²) in [5.41, 5.74) is 0.792. The average molecular weight is 342 g/mol. The lowest BCUT2D eigenvalue weighted by atomic mass is 10.1. The second-order valence-corrected chi connectivity index (χ2v) is 5.73. The predicted molar refractivity (Wildman–Crippen MR) is 90.8 cm³/mol. The van der Waals surface area contributed by atoms with Crippen LogP contribution in [0.3, 0.4) is 0 Å². The van der Waals surface area contributed by atoms with Gasteiger partial charge in [0, 0.05) is 18.6 Å². The topological polar surface area (TPSA) is 90.7 Å². The Kier molecular flexibility index (Phi) is 5.13. The molecule has 0 spiro atoms. The standard InChI is InChI=1S/C18H18N2O5/c21-18(9-8-13-4-3-5-14(10-13)20(22)23)19-11-15-12-24-16-6-1-2-7-17(16)25-15/h1-7,10,15H,8-9,11-12H2,(H,19,21)/t15-/m0/s1. The van der Waals surface area contributed by atoms with Crippen LogP contribution in [0.5, 0.6) is 11.5 Å². The first-order valence-electron chi connectivity index (χ1n) is 8.00. The lowest BCUT2D eigenvalue weighted by molar-refractivity contribution is -0.384. The van der Waals surface area contributed by atoms with Gasteiger partial charge in [-0.05, 0) is 24.1 Å². The quantitative estimate of drug-likeness (QED) is 0.643. The fourth-order valence-corrected chi connectivity index (χ4v) is 2.56. The van der Waals surface area contributed by atoms with Crippen molar-refractivity contribution >= 4 is 11.6 Å². The molecule has 0 saturated heterocycles. The second-order valence-electron chi connectivity index (χ2n) is 5.73. The molecule has 1 heterocycles. The van der Waals surface area contributed by atoms with E-state index in [2.05, 4.69) is 5.32 Å². The molecule has 2 aromatic rings. The number of nitro benzene ring substituents is 1. The molecule has 0 unspecified atom stereocenters. The van der Waals surface area contributed by atoms with E-state index in [0.29, 0.717) is 31.1 Å². The molecule has 25 heavy (non-hydrogen) atoms. The Balaban J connectivity index is 1.44. The molecule has 1 amide bonds. The first-order chi connectivity index (χ1) is 12.1. The Bertz CT molecular complexity index is 778. The monoisotopic (exact) mass is 342 g/mol. The number of fused-ring (bicyclic) bond motifs is 1. The van der Waals surface area contributed by atoms with Crippen molar-refractivity contribution in [1.82, 2.24) is 5.32 Å². The summed E-state index contributed by atoms with van der Waals surface area (Å²) < 4.78 is 11.4. The number of ether oxygens (including phenoxy) is 2. The minimum Gasteiger partial charge on any atom is -0.486 e. The third-order valence-electron chi connectivity index (χ3n) is 3.86. The Morgan fingerprint density at radius 3 is 2.80 bits per heavy atom. The lowest BCUT2D eigenvalue weighted by Crippen LogP contribution is -2.40. The molecule has 7 heteroatoms. The molecule has 0 radical (unpaired) electrons. The van der Waals surface area contributed by atoms with E-state index in [1.165, 1.54) is 12.1 Å². The van der Waals surface area contributed by atoms with E-state index in [1.54, 1.807) is 12.1 Å². The summed E-state index contributed by atoms with van der Waals surface area (Å²) in [7, 11) is 0. The number of carbonyl (C=O) groups is 1. The molecular formula is C18H18N2O5. The summed E-state index contributed by atoms with van der Waals surface area (Å²) in [5.74, 6) is 1.24. The molecule has 0 aromatic heterocycles. The summed E-state index contributed by atoms with van der Waals surface area (Å²) in [6, 6.07) is 13.7. The zero-order valence-corrected chi connectivity index (χ0v) is 13.5. The number of nitrogens with one attached hydrogen (secondary N) is 1. The van der Waals surface area contributed by atoms with Gasteiger partial charge >= 0.3 is 0 Å². The molecule has 7 nitrogen and oxygen atoms in total. The third-order valence-corrected chi connectivity index (χ3v) is 3.86. The highest BCUT2D eigenvalue weighted by Crippen LogP contribution is 2.30. The number of nitro groups is 1. The third kappa shape index (κ3) is 4.47. The van der Waals surface area contributed by atoms with Gasteiger partial charge in [-0.25, -0.2) is 0 Å². The number of aryl methyl sites for hydroxylation is 1. The Labute approximate surface area is 144 Å². The van der Waals surface area contributed by atoms with Crippen LogP contribution < -0.4 is 14.8 Å². The summed E-state index contributed by atoms with van der Waals surface area (Å²) >= 11 is 0. The molecule has 130 valence electrons. The van der Waals surface area contributed by atoms with E-state index in [9.17, 15) is 14.9 Å². The predicted octanol–water partition coefficient (Wildman–Crippen LogP) is 2.48. The van der Waals surface area contributed by atoms with E-state index in [4.69, 9.17) is 9.47 Å². The van der Waals surface area contributed by atoms with Crippen LogP contribution in [-0.2, 0) is 11.2 Å². The van der Waals surface area contributed by atoms with E-state index >= 15 is 0 Å². The molecule has 1 atom stereocenters. The van der Waals surface area contributed by atoms with Gasteiger partial charge in [-0.2, -0.15) is 0 Å². The van der Waals surface area contributed by atoms with Crippen molar-refractivity contribution in [2.24, 2.45) is 0 Å². The van der Waals surface area contributed by atoms with Crippen molar-refractivity contribution in [3.8, 4) is 11.5 Å². The molecule has 1 N–H and O–H groups in total. The normalized spacial score (nSPS) is 15.4. The SMILES string of the molecule is O=C(CCc1cccc([N+](=O)[O-])c1)NC[C@H]1COc2ccccc2O1. The average Bonchev–Trinajstić information content (AvgIpc) is 2.64. The van der Waals surface area contributed by atoms with Crippen LogP contribution in [0.15, 0.2) is 48.5 Å². The van der Waals surface area contributed by atoms with Crippen LogP contribution in [0.1, 0.15) is 12.0 Å². The first-order valence-corrected chi connectivity index (χ1v) is 8.00. The number of carbonyl (C=O) groups excluding carboxylic acids is 1. The van der Waals surface area contributed by atoms with Crippen LogP contribution in [0, 0.1) is 10.1 Å². The number of non-ortho nitro benzene ring substituents is 1. The smallest absolute Gasteiger partial charge is 0.269 e. The molecule has 1 aliphatic rings. The number of rotatable bonds is 6. The summed E-state index contributed by atoms with van der Waals surface area (Å²) in [6.07, 6.45) is 0.459. The zero-order valence-electron chi connectivity index (χ0n) is 13.5. The van der Waals surface area contributed by atoms with Gasteiger partial charge in [0.15, 0.2) is 11.5 Å². The maximum Gasteiger partial charge on any atom is 0.269 e. The number of amides is 1. The van der Waals surface area contributed by atoms with Gasteiger partial charge in [0.2, 0.25) is 5.91 Å². The van der Waals surface area contributed by atoms with Crippen LogP contribution in [0.4, 0.5) is 5.69 Å². The fraction of sp³-hybridized carbons (Fsp3) is 0.278. The zero-order chi connectivity index (χ0) is 17.6. The minimum atomic E-state index is -0.443. The summed E-state index contributed by atoms with van der Waals surface area (Å²) in [6.45, 7) is 0.726. The summed E-state index contributed by atoms with van der Waals surface area (Å²) in [4.78, 5) is 22.3. The number of para-hydroxylation sites is 2. The molecule has 0 saturated carbocycles. The van der Waals surface area contributed by atoms with Crippen molar-refractivity contribution < 1.29 is 19.2 Å².